The predicted molar refractivity (Wildman–Crippen MR) is 446 cm³/mol. The Morgan fingerprint density at radius 3 is 0.657 bits per heavy atom. The molecule has 0 bridgehead atoms. The fraction of sp³-hybridized carbons (Fsp3) is 0.955. The summed E-state index contributed by atoms with van der Waals surface area (Å²) >= 11 is 0. The van der Waals surface area contributed by atoms with E-state index in [1.54, 1.807) is 0 Å². The normalized spacial score (nSPS) is 14.4. The van der Waals surface area contributed by atoms with Crippen molar-refractivity contribution in [3.05, 3.63) is 0 Å². The molecule has 3 N–H and O–H groups in total. The summed E-state index contributed by atoms with van der Waals surface area (Å²) in [5.41, 5.74) is 0. The van der Waals surface area contributed by atoms with Crippen LogP contribution < -0.4 is 0 Å². The molecule has 4 unspecified atom stereocenters. The van der Waals surface area contributed by atoms with E-state index in [1.807, 2.05) is 0 Å². The summed E-state index contributed by atoms with van der Waals surface area (Å²) < 4.78 is 68.9. The van der Waals surface area contributed by atoms with Crippen LogP contribution in [0.3, 0.4) is 0 Å². The van der Waals surface area contributed by atoms with Crippen molar-refractivity contribution in [1.29, 1.82) is 0 Å². The summed E-state index contributed by atoms with van der Waals surface area (Å²) in [7, 11) is -9.93. The van der Waals surface area contributed by atoms with Crippen LogP contribution in [0.1, 0.15) is 466 Å². The smallest absolute Gasteiger partial charge is 0.462 e. The van der Waals surface area contributed by atoms with Gasteiger partial charge in [-0.25, -0.2) is 9.13 Å². The number of rotatable bonds is 86. The van der Waals surface area contributed by atoms with Crippen LogP contribution in [0, 0.1) is 23.7 Å². The Morgan fingerprint density at radius 2 is 0.444 bits per heavy atom. The molecule has 0 saturated carbocycles. The highest BCUT2D eigenvalue weighted by atomic mass is 31.2. The number of ether oxygens (including phenoxy) is 4. The first-order valence-electron chi connectivity index (χ1n) is 45.8. The molecule has 17 nitrogen and oxygen atoms in total. The first kappa shape index (κ1) is 106. The van der Waals surface area contributed by atoms with Gasteiger partial charge < -0.3 is 33.8 Å². The lowest BCUT2D eigenvalue weighted by atomic mass is 9.99. The molecule has 0 saturated heterocycles. The van der Waals surface area contributed by atoms with E-state index in [1.165, 1.54) is 263 Å². The van der Waals surface area contributed by atoms with Gasteiger partial charge in [-0.05, 0) is 49.4 Å². The number of aliphatic hydroxyl groups is 1. The zero-order valence-corrected chi connectivity index (χ0v) is 73.3. The Balaban J connectivity index is 5.21. The van der Waals surface area contributed by atoms with Crippen molar-refractivity contribution in [2.75, 3.05) is 39.6 Å². The number of carbonyl (C=O) groups excluding carboxylic acids is 4. The first-order valence-corrected chi connectivity index (χ1v) is 48.8. The Kier molecular flexibility index (Phi) is 76.2. The lowest BCUT2D eigenvalue weighted by molar-refractivity contribution is -0.161. The quantitative estimate of drug-likeness (QED) is 0.0222. The highest BCUT2D eigenvalue weighted by molar-refractivity contribution is 7.47. The van der Waals surface area contributed by atoms with Gasteiger partial charge in [-0.1, -0.05) is 415 Å². The minimum atomic E-state index is -4.97. The third kappa shape index (κ3) is 79.3. The molecule has 0 heterocycles. The lowest BCUT2D eigenvalue weighted by Gasteiger charge is -2.21. The minimum Gasteiger partial charge on any atom is -0.462 e. The molecule has 19 heteroatoms. The maximum Gasteiger partial charge on any atom is 0.472 e. The van der Waals surface area contributed by atoms with Crippen LogP contribution in [0.25, 0.3) is 0 Å². The van der Waals surface area contributed by atoms with E-state index in [9.17, 15) is 43.2 Å². The maximum absolute atomic E-state index is 13.2. The Morgan fingerprint density at radius 1 is 0.259 bits per heavy atom. The van der Waals surface area contributed by atoms with Crippen molar-refractivity contribution in [3.63, 3.8) is 0 Å². The fourth-order valence-electron chi connectivity index (χ4n) is 13.8. The summed E-state index contributed by atoms with van der Waals surface area (Å²) in [6, 6.07) is 0. The molecule has 0 aliphatic heterocycles. The number of carbonyl (C=O) groups is 4. The number of unbranched alkanes of at least 4 members (excludes halogenated alkanes) is 50. The fourth-order valence-corrected chi connectivity index (χ4v) is 15.4. The molecule has 0 aliphatic carbocycles. The highest BCUT2D eigenvalue weighted by Gasteiger charge is 2.31. The van der Waals surface area contributed by atoms with Crippen molar-refractivity contribution in [2.24, 2.45) is 23.7 Å². The molecule has 0 aromatic rings. The minimum absolute atomic E-state index is 0.107. The van der Waals surface area contributed by atoms with Gasteiger partial charge in [0, 0.05) is 25.7 Å². The number of hydrogen-bond donors (Lipinski definition) is 3. The van der Waals surface area contributed by atoms with Gasteiger partial charge in [0.25, 0.3) is 0 Å². The van der Waals surface area contributed by atoms with Crippen LogP contribution in [-0.4, -0.2) is 96.7 Å². The number of phosphoric acid groups is 2. The van der Waals surface area contributed by atoms with Crippen molar-refractivity contribution in [1.82, 2.24) is 0 Å². The second kappa shape index (κ2) is 77.6. The van der Waals surface area contributed by atoms with E-state index in [4.69, 9.17) is 37.0 Å². The Bertz CT molecular complexity index is 2100. The SMILES string of the molecule is CCC(C)CCCCCCCCCCCCCCCCCCCCC(=O)O[C@H](COC(=O)CCCCCCCCCCCCCCCCCCC(C)C)COP(=O)(O)OC[C@@H](O)COP(=O)(O)OC[C@@H](COC(=O)CCCCCCCCC(C)C)OC(=O)CCCCCCCCCCCCCCCCC(C)CC. The largest absolute Gasteiger partial charge is 0.472 e. The van der Waals surface area contributed by atoms with E-state index < -0.39 is 97.5 Å². The van der Waals surface area contributed by atoms with Gasteiger partial charge in [-0.2, -0.15) is 0 Å². The van der Waals surface area contributed by atoms with Crippen LogP contribution in [0.2, 0.25) is 0 Å². The third-order valence-electron chi connectivity index (χ3n) is 21.5. The average Bonchev–Trinajstić information content (AvgIpc) is 0.898. The van der Waals surface area contributed by atoms with Crippen LogP contribution in [0.5, 0.6) is 0 Å². The zero-order valence-electron chi connectivity index (χ0n) is 71.5. The van der Waals surface area contributed by atoms with Crippen molar-refractivity contribution < 1.29 is 80.2 Å². The molecule has 7 atom stereocenters. The molecule has 0 rings (SSSR count). The van der Waals surface area contributed by atoms with Gasteiger partial charge in [0.2, 0.25) is 0 Å². The lowest BCUT2D eigenvalue weighted by Crippen LogP contribution is -2.30. The van der Waals surface area contributed by atoms with Crippen LogP contribution in [0.15, 0.2) is 0 Å². The Hall–Kier alpha value is -1.94. The van der Waals surface area contributed by atoms with E-state index in [0.29, 0.717) is 31.6 Å². The molecule has 0 radical (unpaired) electrons. The number of hydrogen-bond acceptors (Lipinski definition) is 15. The highest BCUT2D eigenvalue weighted by Crippen LogP contribution is 2.45. The summed E-state index contributed by atoms with van der Waals surface area (Å²) in [5.74, 6) is 1.10. The van der Waals surface area contributed by atoms with Crippen molar-refractivity contribution >= 4 is 39.5 Å². The summed E-state index contributed by atoms with van der Waals surface area (Å²) in [6.07, 6.45) is 68.2. The van der Waals surface area contributed by atoms with Crippen molar-refractivity contribution in [3.8, 4) is 0 Å². The van der Waals surface area contributed by atoms with Gasteiger partial charge in [-0.15, -0.1) is 0 Å². The molecule has 0 aromatic carbocycles. The molecule has 0 spiro atoms. The number of phosphoric ester groups is 2. The Labute approximate surface area is 664 Å². The average molecular weight is 1580 g/mol. The second-order valence-electron chi connectivity index (χ2n) is 33.4. The molecule has 0 aromatic heterocycles. The number of aliphatic hydroxyl groups excluding tert-OH is 1. The monoisotopic (exact) mass is 1580 g/mol. The molecule has 0 fully saturated rings. The molecule has 0 amide bonds. The molecule has 0 aliphatic rings. The zero-order chi connectivity index (χ0) is 79.5. The van der Waals surface area contributed by atoms with Gasteiger partial charge in [-0.3, -0.25) is 37.3 Å². The van der Waals surface area contributed by atoms with E-state index >= 15 is 0 Å². The van der Waals surface area contributed by atoms with E-state index in [2.05, 4.69) is 55.4 Å². The van der Waals surface area contributed by atoms with Crippen molar-refractivity contribution in [2.45, 2.75) is 485 Å². The molecule has 642 valence electrons. The topological polar surface area (TPSA) is 237 Å². The first-order chi connectivity index (χ1) is 52.2. The van der Waals surface area contributed by atoms with Gasteiger partial charge >= 0.3 is 39.5 Å². The predicted octanol–water partition coefficient (Wildman–Crippen LogP) is 27.1. The van der Waals surface area contributed by atoms with Gasteiger partial charge in [0.05, 0.1) is 26.4 Å². The number of esters is 4. The molecule has 108 heavy (non-hydrogen) atoms. The van der Waals surface area contributed by atoms with E-state index in [0.717, 1.165) is 114 Å². The van der Waals surface area contributed by atoms with Crippen LogP contribution in [-0.2, 0) is 65.4 Å². The maximum atomic E-state index is 13.2. The second-order valence-corrected chi connectivity index (χ2v) is 36.3. The molecular formula is C89H174O17P2. The summed E-state index contributed by atoms with van der Waals surface area (Å²) in [6.45, 7) is 14.4. The molecular weight excluding hydrogens is 1400 g/mol. The van der Waals surface area contributed by atoms with Gasteiger partial charge in [0.15, 0.2) is 12.2 Å². The third-order valence-corrected chi connectivity index (χ3v) is 23.4. The standard InChI is InChI=1S/C89H174O17P2/c1-9-81(7)67-59-51-42-36-30-24-18-13-11-12-14-20-27-33-39-45-55-63-71-88(93)105-84(75-99-86(91)69-61-53-44-38-32-26-19-16-15-17-23-29-35-41-49-57-65-79(3)4)77-103-107(95,96)101-73-83(90)74-102-108(97,98)104-78-85(76-100-87(92)70-62-54-48-47-50-58-66-80(5)6)106-89(94)72-64-56-46-40-34-28-22-21-25-31-37-43-52-60-68-82(8)10-2/h79-85,90H,9-78H2,1-8H3,(H,95,96)(H,97,98)/t81?,82?,83-,84-,85-/m1/s1. The van der Waals surface area contributed by atoms with Gasteiger partial charge in [0.1, 0.15) is 19.3 Å². The van der Waals surface area contributed by atoms with Crippen LogP contribution in [0.4, 0.5) is 0 Å². The van der Waals surface area contributed by atoms with E-state index in [-0.39, 0.29) is 25.7 Å². The summed E-state index contributed by atoms with van der Waals surface area (Å²) in [5, 5.41) is 10.7. The summed E-state index contributed by atoms with van der Waals surface area (Å²) in [4.78, 5) is 73.3. The van der Waals surface area contributed by atoms with Crippen LogP contribution >= 0.6 is 15.6 Å².